The molecule has 1 N–H and O–H groups in total. The summed E-state index contributed by atoms with van der Waals surface area (Å²) in [5, 5.41) is 9.10. The van der Waals surface area contributed by atoms with Crippen molar-refractivity contribution >= 4 is 51.0 Å². The summed E-state index contributed by atoms with van der Waals surface area (Å²) in [6, 6.07) is 14.5. The van der Waals surface area contributed by atoms with Crippen molar-refractivity contribution in [3.05, 3.63) is 81.8 Å². The first kappa shape index (κ1) is 27.8. The molecular weight excluding hydrogens is 552 g/mol. The van der Waals surface area contributed by atoms with E-state index in [1.165, 1.54) is 54.3 Å². The van der Waals surface area contributed by atoms with Crippen molar-refractivity contribution < 1.29 is 9.59 Å². The van der Waals surface area contributed by atoms with Crippen LogP contribution < -0.4 is 5.32 Å². The van der Waals surface area contributed by atoms with E-state index in [2.05, 4.69) is 56.5 Å². The molecule has 0 spiro atoms. The van der Waals surface area contributed by atoms with E-state index in [0.29, 0.717) is 11.5 Å². The van der Waals surface area contributed by atoms with E-state index < -0.39 is 5.54 Å². The largest absolute Gasteiger partial charge is 0.343 e. The van der Waals surface area contributed by atoms with Crippen LogP contribution in [0.4, 0.5) is 0 Å². The maximum atomic E-state index is 13.9. The second-order valence-electron chi connectivity index (χ2n) is 12.5. The summed E-state index contributed by atoms with van der Waals surface area (Å²) in [6.45, 7) is 1.55. The summed E-state index contributed by atoms with van der Waals surface area (Å²) < 4.78 is 4.41. The molecule has 7 rings (SSSR count). The number of amides is 1. The predicted octanol–water partition coefficient (Wildman–Crippen LogP) is 8.25. The number of aromatic nitrogens is 3. The van der Waals surface area contributed by atoms with Gasteiger partial charge in [0, 0.05) is 41.5 Å². The van der Waals surface area contributed by atoms with Crippen LogP contribution in [-0.2, 0) is 24.4 Å². The highest BCUT2D eigenvalue weighted by Crippen LogP contribution is 2.45. The third kappa shape index (κ3) is 4.84. The number of thiophene rings is 1. The first-order valence-corrected chi connectivity index (χ1v) is 16.4. The smallest absolute Gasteiger partial charge is 0.252 e. The Morgan fingerprint density at radius 1 is 0.977 bits per heavy atom. The van der Waals surface area contributed by atoms with Crippen molar-refractivity contribution in [3.8, 4) is 11.3 Å². The van der Waals surface area contributed by atoms with Gasteiger partial charge in [0.15, 0.2) is 5.78 Å². The highest BCUT2D eigenvalue weighted by atomic mass is 32.1. The van der Waals surface area contributed by atoms with E-state index in [0.717, 1.165) is 47.2 Å². The van der Waals surface area contributed by atoms with Gasteiger partial charge in [-0.05, 0) is 97.9 Å². The number of nitrogens with zero attached hydrogens (tertiary/aromatic N) is 3. The van der Waals surface area contributed by atoms with E-state index in [1.807, 2.05) is 31.3 Å². The second-order valence-corrected chi connectivity index (χ2v) is 13.3. The lowest BCUT2D eigenvalue weighted by Gasteiger charge is -2.41. The average molecular weight is 591 g/mol. The number of ketones is 1. The molecule has 7 heteroatoms. The van der Waals surface area contributed by atoms with Crippen LogP contribution in [0.15, 0.2) is 59.3 Å². The molecule has 0 aliphatic heterocycles. The Kier molecular flexibility index (Phi) is 7.08. The fraction of sp³-hybridized carbons (Fsp3) is 0.361. The summed E-state index contributed by atoms with van der Waals surface area (Å²) >= 11 is 1.73. The van der Waals surface area contributed by atoms with E-state index >= 15 is 0 Å². The van der Waals surface area contributed by atoms with Crippen LogP contribution in [0, 0.1) is 0 Å². The zero-order valence-electron chi connectivity index (χ0n) is 25.2. The quantitative estimate of drug-likeness (QED) is 0.194. The molecule has 0 atom stereocenters. The summed E-state index contributed by atoms with van der Waals surface area (Å²) in [4.78, 5) is 30.4. The lowest BCUT2D eigenvalue weighted by atomic mass is 9.75. The summed E-state index contributed by atoms with van der Waals surface area (Å²) in [7, 11) is 4.17. The third-order valence-electron chi connectivity index (χ3n) is 9.71. The molecule has 220 valence electrons. The van der Waals surface area contributed by atoms with Gasteiger partial charge in [-0.3, -0.25) is 9.59 Å². The second kappa shape index (κ2) is 10.9. The zero-order chi connectivity index (χ0) is 29.7. The molecule has 2 saturated carbocycles. The van der Waals surface area contributed by atoms with Gasteiger partial charge >= 0.3 is 0 Å². The molecule has 3 heterocycles. The standard InChI is InChI=1S/C36H38N4O2S/c1-23(41)10-11-24-12-15-29-31(20-24)40(3)35(37-29)36(17-7-18-36)38-34(42)26-13-14-28-30(21-26)39(2)33(27-16-19-43-22-27)32(28)25-8-5-4-6-9-25/h10-16,19-22,25H,4-9,17-18H2,1-3H3,(H,38,42)/b11-10+. The Balaban J connectivity index is 1.24. The van der Waals surface area contributed by atoms with E-state index in [4.69, 9.17) is 4.98 Å². The van der Waals surface area contributed by atoms with Gasteiger partial charge < -0.3 is 14.5 Å². The molecule has 2 aromatic carbocycles. The number of rotatable bonds is 7. The number of hydrogen-bond donors (Lipinski definition) is 1. The summed E-state index contributed by atoms with van der Waals surface area (Å²) in [5.74, 6) is 1.40. The Hall–Kier alpha value is -3.97. The number of fused-ring (bicyclic) bond motifs is 2. The molecule has 43 heavy (non-hydrogen) atoms. The Labute approximate surface area is 256 Å². The van der Waals surface area contributed by atoms with Crippen molar-refractivity contribution in [1.82, 2.24) is 19.4 Å². The van der Waals surface area contributed by atoms with Crippen molar-refractivity contribution in [2.45, 2.75) is 69.7 Å². The fourth-order valence-electron chi connectivity index (χ4n) is 7.34. The summed E-state index contributed by atoms with van der Waals surface area (Å²) in [6.07, 6.45) is 12.5. The Morgan fingerprint density at radius 3 is 2.49 bits per heavy atom. The van der Waals surface area contributed by atoms with Gasteiger partial charge in [0.25, 0.3) is 5.91 Å². The van der Waals surface area contributed by atoms with Crippen LogP contribution >= 0.6 is 11.3 Å². The van der Waals surface area contributed by atoms with Crippen LogP contribution in [0.3, 0.4) is 0 Å². The minimum atomic E-state index is -0.501. The van der Waals surface area contributed by atoms with E-state index in [-0.39, 0.29) is 11.7 Å². The van der Waals surface area contributed by atoms with E-state index in [9.17, 15) is 9.59 Å². The van der Waals surface area contributed by atoms with Gasteiger partial charge in [0.2, 0.25) is 0 Å². The highest BCUT2D eigenvalue weighted by molar-refractivity contribution is 7.08. The first-order valence-electron chi connectivity index (χ1n) is 15.5. The number of aryl methyl sites for hydroxylation is 2. The molecule has 2 aliphatic rings. The molecule has 0 radical (unpaired) electrons. The number of allylic oxidation sites excluding steroid dienone is 1. The van der Waals surface area contributed by atoms with Gasteiger partial charge in [-0.1, -0.05) is 37.5 Å². The van der Waals surface area contributed by atoms with Crippen molar-refractivity contribution in [2.75, 3.05) is 0 Å². The van der Waals surface area contributed by atoms with Crippen molar-refractivity contribution in [1.29, 1.82) is 0 Å². The normalized spacial score (nSPS) is 17.1. The topological polar surface area (TPSA) is 68.9 Å². The average Bonchev–Trinajstić information content (AvgIpc) is 3.71. The molecule has 5 aromatic rings. The number of nitrogens with one attached hydrogen (secondary N) is 1. The molecule has 6 nitrogen and oxygen atoms in total. The predicted molar refractivity (Wildman–Crippen MR) is 175 cm³/mol. The molecule has 3 aromatic heterocycles. The molecule has 2 aliphatic carbocycles. The molecule has 0 bridgehead atoms. The van der Waals surface area contributed by atoms with Gasteiger partial charge in [0.05, 0.1) is 22.3 Å². The van der Waals surface area contributed by atoms with Crippen LogP contribution in [0.5, 0.6) is 0 Å². The molecule has 2 fully saturated rings. The van der Waals surface area contributed by atoms with Gasteiger partial charge in [-0.25, -0.2) is 4.98 Å². The number of hydrogen-bond acceptors (Lipinski definition) is 4. The maximum Gasteiger partial charge on any atom is 0.252 e. The van der Waals surface area contributed by atoms with Gasteiger partial charge in [-0.2, -0.15) is 11.3 Å². The minimum absolute atomic E-state index is 0.0170. The van der Waals surface area contributed by atoms with Crippen LogP contribution in [0.25, 0.3) is 39.3 Å². The Bertz CT molecular complexity index is 1880. The van der Waals surface area contributed by atoms with Crippen LogP contribution in [0.1, 0.15) is 91.5 Å². The molecule has 0 saturated heterocycles. The van der Waals surface area contributed by atoms with E-state index in [1.54, 1.807) is 24.3 Å². The number of carbonyl (C=O) groups is 2. The highest BCUT2D eigenvalue weighted by Gasteiger charge is 2.44. The van der Waals surface area contributed by atoms with Crippen LogP contribution in [0.2, 0.25) is 0 Å². The van der Waals surface area contributed by atoms with Crippen LogP contribution in [-0.4, -0.2) is 25.8 Å². The maximum absolute atomic E-state index is 13.9. The lowest BCUT2D eigenvalue weighted by Crippen LogP contribution is -2.52. The molecular formula is C36H38N4O2S. The molecule has 1 amide bonds. The van der Waals surface area contributed by atoms with Crippen molar-refractivity contribution in [3.63, 3.8) is 0 Å². The first-order chi connectivity index (χ1) is 20.8. The SMILES string of the molecule is CC(=O)/C=C/c1ccc2nc(C3(NC(=O)c4ccc5c(C6CCCCC6)c(-c6ccsc6)n(C)c5c4)CCC3)n(C)c2c1. The monoisotopic (exact) mass is 590 g/mol. The fourth-order valence-corrected chi connectivity index (χ4v) is 7.98. The summed E-state index contributed by atoms with van der Waals surface area (Å²) in [5.41, 5.74) is 8.15. The number of imidazole rings is 1. The molecule has 0 unspecified atom stereocenters. The number of benzene rings is 2. The zero-order valence-corrected chi connectivity index (χ0v) is 26.0. The van der Waals surface area contributed by atoms with Gasteiger partial charge in [-0.15, -0.1) is 0 Å². The minimum Gasteiger partial charge on any atom is -0.343 e. The van der Waals surface area contributed by atoms with Crippen molar-refractivity contribution in [2.24, 2.45) is 14.1 Å². The lowest BCUT2D eigenvalue weighted by molar-refractivity contribution is -0.112. The number of carbonyl (C=O) groups excluding carboxylic acids is 2. The van der Waals surface area contributed by atoms with Gasteiger partial charge in [0.1, 0.15) is 5.82 Å². The third-order valence-corrected chi connectivity index (χ3v) is 10.4. The Morgan fingerprint density at radius 2 is 1.79 bits per heavy atom.